The Morgan fingerprint density at radius 3 is 2.37 bits per heavy atom. The van der Waals surface area contributed by atoms with Gasteiger partial charge >= 0.3 is 0 Å². The van der Waals surface area contributed by atoms with Crippen LogP contribution < -0.4 is 5.32 Å². The Bertz CT molecular complexity index is 757. The van der Waals surface area contributed by atoms with Gasteiger partial charge in [0, 0.05) is 31.2 Å². The van der Waals surface area contributed by atoms with Crippen LogP contribution in [0.15, 0.2) is 54.6 Å². The van der Waals surface area contributed by atoms with E-state index in [2.05, 4.69) is 39.3 Å². The van der Waals surface area contributed by atoms with Gasteiger partial charge < -0.3 is 10.2 Å². The first kappa shape index (κ1) is 18.8. The van der Waals surface area contributed by atoms with Gasteiger partial charge in [-0.15, -0.1) is 10.1 Å². The first-order valence-corrected chi connectivity index (χ1v) is 9.03. The average molecular weight is 369 g/mol. The monoisotopic (exact) mass is 369 g/mol. The number of carbonyl (C=O) groups excluding carboxylic acids is 1. The standard InChI is InChI=1S/C20H23N3O4/c24-20(18-8-6-17(7-9-18)15-27-23(25)26)21-19-10-12-22(13-11-19)14-16-4-2-1-3-5-16/h1-9,19H,10-15H2,(H,21,24). The smallest absolute Gasteiger partial charge is 0.294 e. The van der Waals surface area contributed by atoms with Crippen LogP contribution >= 0.6 is 0 Å². The van der Waals surface area contributed by atoms with Crippen LogP contribution in [-0.4, -0.2) is 35.0 Å². The Hall–Kier alpha value is -2.93. The molecule has 27 heavy (non-hydrogen) atoms. The first-order chi connectivity index (χ1) is 13.1. The lowest BCUT2D eigenvalue weighted by molar-refractivity contribution is -0.763. The first-order valence-electron chi connectivity index (χ1n) is 9.03. The molecule has 0 aromatic heterocycles. The van der Waals surface area contributed by atoms with E-state index in [-0.39, 0.29) is 18.6 Å². The third-order valence-electron chi connectivity index (χ3n) is 4.72. The summed E-state index contributed by atoms with van der Waals surface area (Å²) in [5.74, 6) is -0.113. The van der Waals surface area contributed by atoms with Crippen LogP contribution in [0, 0.1) is 10.1 Å². The minimum atomic E-state index is -0.829. The van der Waals surface area contributed by atoms with Gasteiger partial charge in [0.25, 0.3) is 11.0 Å². The summed E-state index contributed by atoms with van der Waals surface area (Å²) < 4.78 is 0. The molecule has 1 aliphatic heterocycles. The number of likely N-dealkylation sites (tertiary alicyclic amines) is 1. The Labute approximate surface area is 158 Å². The van der Waals surface area contributed by atoms with E-state index < -0.39 is 5.09 Å². The predicted octanol–water partition coefficient (Wildman–Crippen LogP) is 2.79. The topological polar surface area (TPSA) is 84.7 Å². The zero-order valence-corrected chi connectivity index (χ0v) is 15.0. The molecule has 1 fully saturated rings. The van der Waals surface area contributed by atoms with Crippen LogP contribution in [-0.2, 0) is 18.0 Å². The van der Waals surface area contributed by atoms with Gasteiger partial charge in [-0.3, -0.25) is 9.69 Å². The van der Waals surface area contributed by atoms with Crippen molar-refractivity contribution in [1.82, 2.24) is 10.2 Å². The van der Waals surface area contributed by atoms with Gasteiger partial charge in [-0.1, -0.05) is 42.5 Å². The van der Waals surface area contributed by atoms with Gasteiger partial charge in [0.05, 0.1) is 0 Å². The van der Waals surface area contributed by atoms with E-state index in [1.54, 1.807) is 24.3 Å². The molecule has 1 aliphatic rings. The summed E-state index contributed by atoms with van der Waals surface area (Å²) in [5, 5.41) is 12.5. The molecule has 7 heteroatoms. The van der Waals surface area contributed by atoms with Gasteiger partial charge in [-0.25, -0.2) is 0 Å². The normalized spacial score (nSPS) is 15.3. The number of carbonyl (C=O) groups is 1. The van der Waals surface area contributed by atoms with Crippen LogP contribution in [0.4, 0.5) is 0 Å². The van der Waals surface area contributed by atoms with Crippen molar-refractivity contribution in [3.05, 3.63) is 81.4 Å². The van der Waals surface area contributed by atoms with Crippen LogP contribution in [0.5, 0.6) is 0 Å². The largest absolute Gasteiger partial charge is 0.349 e. The lowest BCUT2D eigenvalue weighted by Gasteiger charge is -2.32. The van der Waals surface area contributed by atoms with Gasteiger partial charge in [0.1, 0.15) is 6.61 Å². The summed E-state index contributed by atoms with van der Waals surface area (Å²) in [5.41, 5.74) is 2.50. The van der Waals surface area contributed by atoms with Gasteiger partial charge in [-0.05, 0) is 36.1 Å². The number of amides is 1. The van der Waals surface area contributed by atoms with Crippen molar-refractivity contribution in [2.45, 2.75) is 32.0 Å². The van der Waals surface area contributed by atoms with Gasteiger partial charge in [0.2, 0.25) is 0 Å². The number of nitrogens with zero attached hydrogens (tertiary/aromatic N) is 2. The summed E-state index contributed by atoms with van der Waals surface area (Å²) in [6.45, 7) is 2.73. The molecule has 3 rings (SSSR count). The van der Waals surface area contributed by atoms with Crippen molar-refractivity contribution in [2.24, 2.45) is 0 Å². The van der Waals surface area contributed by atoms with Gasteiger partial charge in [-0.2, -0.15) is 0 Å². The molecule has 0 atom stereocenters. The molecule has 0 spiro atoms. The quantitative estimate of drug-likeness (QED) is 0.599. The summed E-state index contributed by atoms with van der Waals surface area (Å²) in [7, 11) is 0. The molecule has 2 aromatic carbocycles. The molecule has 1 N–H and O–H groups in total. The molecule has 2 aromatic rings. The van der Waals surface area contributed by atoms with Crippen LogP contribution in [0.1, 0.15) is 34.3 Å². The number of nitrogens with one attached hydrogen (secondary N) is 1. The highest BCUT2D eigenvalue weighted by molar-refractivity contribution is 5.94. The second-order valence-electron chi connectivity index (χ2n) is 6.70. The minimum Gasteiger partial charge on any atom is -0.349 e. The molecule has 1 amide bonds. The predicted molar refractivity (Wildman–Crippen MR) is 100 cm³/mol. The second-order valence-corrected chi connectivity index (χ2v) is 6.70. The SMILES string of the molecule is O=C(NC1CCN(Cc2ccccc2)CC1)c1ccc(CO[N+](=O)[O-])cc1. The zero-order valence-electron chi connectivity index (χ0n) is 15.0. The zero-order chi connectivity index (χ0) is 19.1. The van der Waals surface area contributed by atoms with Gasteiger partial charge in [0.15, 0.2) is 0 Å². The number of piperidine rings is 1. The van der Waals surface area contributed by atoms with Crippen molar-refractivity contribution in [3.8, 4) is 0 Å². The Morgan fingerprint density at radius 2 is 1.74 bits per heavy atom. The maximum Gasteiger partial charge on any atom is 0.294 e. The highest BCUT2D eigenvalue weighted by Gasteiger charge is 2.21. The van der Waals surface area contributed by atoms with Crippen LogP contribution in [0.25, 0.3) is 0 Å². The van der Waals surface area contributed by atoms with Crippen molar-refractivity contribution in [1.29, 1.82) is 0 Å². The van der Waals surface area contributed by atoms with Crippen molar-refractivity contribution >= 4 is 5.91 Å². The number of rotatable bonds is 7. The third kappa shape index (κ3) is 5.79. The van der Waals surface area contributed by atoms with Crippen molar-refractivity contribution < 1.29 is 14.7 Å². The molecule has 0 bridgehead atoms. The van der Waals surface area contributed by atoms with Crippen LogP contribution in [0.2, 0.25) is 0 Å². The lowest BCUT2D eigenvalue weighted by Crippen LogP contribution is -2.44. The highest BCUT2D eigenvalue weighted by atomic mass is 16.9. The molecule has 1 saturated heterocycles. The second kappa shape index (κ2) is 9.14. The maximum absolute atomic E-state index is 12.4. The molecule has 0 saturated carbocycles. The molecular weight excluding hydrogens is 346 g/mol. The van der Waals surface area contributed by atoms with E-state index in [1.165, 1.54) is 5.56 Å². The highest BCUT2D eigenvalue weighted by Crippen LogP contribution is 2.15. The summed E-state index contributed by atoms with van der Waals surface area (Å²) >= 11 is 0. The summed E-state index contributed by atoms with van der Waals surface area (Å²) in [6.07, 6.45) is 1.85. The summed E-state index contributed by atoms with van der Waals surface area (Å²) in [6, 6.07) is 17.2. The molecule has 0 radical (unpaired) electrons. The van der Waals surface area contributed by atoms with Crippen LogP contribution in [0.3, 0.4) is 0 Å². The molecule has 0 aliphatic carbocycles. The molecule has 7 nitrogen and oxygen atoms in total. The van der Waals surface area contributed by atoms with E-state index in [0.29, 0.717) is 11.1 Å². The fraction of sp³-hybridized carbons (Fsp3) is 0.350. The molecule has 0 unspecified atom stereocenters. The Balaban J connectivity index is 1.44. The van der Waals surface area contributed by atoms with Crippen molar-refractivity contribution in [3.63, 3.8) is 0 Å². The number of hydrogen-bond donors (Lipinski definition) is 1. The minimum absolute atomic E-state index is 0.113. The fourth-order valence-corrected chi connectivity index (χ4v) is 3.23. The molecule has 142 valence electrons. The maximum atomic E-state index is 12.4. The number of hydrogen-bond acceptors (Lipinski definition) is 5. The van der Waals surface area contributed by atoms with E-state index in [1.807, 2.05) is 6.07 Å². The molecule has 1 heterocycles. The Morgan fingerprint density at radius 1 is 1.07 bits per heavy atom. The lowest BCUT2D eigenvalue weighted by atomic mass is 10.0. The fourth-order valence-electron chi connectivity index (χ4n) is 3.23. The van der Waals surface area contributed by atoms with E-state index in [0.717, 1.165) is 32.5 Å². The third-order valence-corrected chi connectivity index (χ3v) is 4.72. The van der Waals surface area contributed by atoms with E-state index >= 15 is 0 Å². The van der Waals surface area contributed by atoms with E-state index in [4.69, 9.17) is 0 Å². The number of benzene rings is 2. The summed E-state index contributed by atoms with van der Waals surface area (Å²) in [4.78, 5) is 29.3. The van der Waals surface area contributed by atoms with Crippen molar-refractivity contribution in [2.75, 3.05) is 13.1 Å². The Kier molecular flexibility index (Phi) is 6.38. The van der Waals surface area contributed by atoms with E-state index in [9.17, 15) is 14.9 Å². The average Bonchev–Trinajstić information content (AvgIpc) is 2.69. The molecular formula is C20H23N3O4.